The van der Waals surface area contributed by atoms with E-state index < -0.39 is 0 Å². The number of hydrogen-bond acceptors (Lipinski definition) is 2. The Hall–Kier alpha value is -2.68. The Bertz CT molecular complexity index is 794. The summed E-state index contributed by atoms with van der Waals surface area (Å²) >= 11 is 0. The van der Waals surface area contributed by atoms with Crippen molar-refractivity contribution in [2.24, 2.45) is 5.10 Å². The van der Waals surface area contributed by atoms with Gasteiger partial charge in [-0.2, -0.15) is 0 Å². The molecule has 0 spiro atoms. The fourth-order valence-electron chi connectivity index (χ4n) is 2.16. The highest BCUT2D eigenvalue weighted by Crippen LogP contribution is 2.10. The molecule has 0 aliphatic rings. The Morgan fingerprint density at radius 2 is 1.65 bits per heavy atom. The Kier molecular flexibility index (Phi) is 3.17. The van der Waals surface area contributed by atoms with E-state index in [1.54, 1.807) is 16.9 Å². The molecule has 0 saturated heterocycles. The van der Waals surface area contributed by atoms with Crippen LogP contribution in [-0.4, -0.2) is 5.90 Å². The molecule has 0 bridgehead atoms. The predicted molar refractivity (Wildman–Crippen MR) is 77.3 cm³/mol. The molecule has 98 valence electrons. The largest absolute Gasteiger partial charge is 0.854 e. The summed E-state index contributed by atoms with van der Waals surface area (Å²) in [4.78, 5) is 0. The van der Waals surface area contributed by atoms with Crippen LogP contribution >= 0.6 is 0 Å². The molecule has 3 nitrogen and oxygen atoms in total. The first-order valence-electron chi connectivity index (χ1n) is 6.46. The first-order chi connectivity index (χ1) is 9.74. The second-order valence-corrected chi connectivity index (χ2v) is 4.67. The van der Waals surface area contributed by atoms with Crippen LogP contribution in [0.25, 0.3) is 10.8 Å². The van der Waals surface area contributed by atoms with Crippen molar-refractivity contribution in [3.63, 3.8) is 0 Å². The summed E-state index contributed by atoms with van der Waals surface area (Å²) < 4.78 is 1.57. The van der Waals surface area contributed by atoms with E-state index in [0.29, 0.717) is 5.56 Å². The molecule has 2 aromatic carbocycles. The summed E-state index contributed by atoms with van der Waals surface area (Å²) in [6.07, 6.45) is 3.64. The van der Waals surface area contributed by atoms with Crippen molar-refractivity contribution in [2.45, 2.75) is 6.92 Å². The van der Waals surface area contributed by atoms with E-state index in [2.05, 4.69) is 5.10 Å². The van der Waals surface area contributed by atoms with E-state index in [1.165, 1.54) is 0 Å². The molecule has 0 amide bonds. The third kappa shape index (κ3) is 2.38. The summed E-state index contributed by atoms with van der Waals surface area (Å²) in [5, 5.41) is 18.5. The Morgan fingerprint density at radius 3 is 2.45 bits per heavy atom. The zero-order valence-electron chi connectivity index (χ0n) is 11.2. The van der Waals surface area contributed by atoms with Crippen LogP contribution in [0.2, 0.25) is 0 Å². The fraction of sp³-hybridized carbons (Fsp3) is 0.0588. The number of pyridine rings is 1. The van der Waals surface area contributed by atoms with Gasteiger partial charge in [0.25, 0.3) is 0 Å². The maximum atomic E-state index is 12.2. The van der Waals surface area contributed by atoms with Gasteiger partial charge in [0.05, 0.1) is 5.90 Å². The molecule has 0 radical (unpaired) electrons. The minimum atomic E-state index is -0.233. The van der Waals surface area contributed by atoms with Crippen molar-refractivity contribution >= 4 is 16.7 Å². The number of fused-ring (bicyclic) bond motifs is 1. The van der Waals surface area contributed by atoms with Crippen LogP contribution in [0.3, 0.4) is 0 Å². The van der Waals surface area contributed by atoms with Crippen molar-refractivity contribution in [3.8, 4) is 0 Å². The van der Waals surface area contributed by atoms with Crippen LogP contribution in [0.4, 0.5) is 0 Å². The summed E-state index contributed by atoms with van der Waals surface area (Å²) in [7, 11) is 0. The van der Waals surface area contributed by atoms with E-state index >= 15 is 0 Å². The molecule has 1 heterocycles. The molecule has 0 N–H and O–H groups in total. The molecule has 0 unspecified atom stereocenters. The van der Waals surface area contributed by atoms with Gasteiger partial charge in [-0.05, 0) is 34.6 Å². The molecular formula is C17H14N2O. The van der Waals surface area contributed by atoms with E-state index in [4.69, 9.17) is 0 Å². The van der Waals surface area contributed by atoms with E-state index in [9.17, 15) is 5.11 Å². The second kappa shape index (κ2) is 5.13. The van der Waals surface area contributed by atoms with Gasteiger partial charge in [0.1, 0.15) is 0 Å². The Balaban J connectivity index is 2.03. The van der Waals surface area contributed by atoms with Crippen molar-refractivity contribution in [1.29, 1.82) is 0 Å². The van der Waals surface area contributed by atoms with Crippen molar-refractivity contribution < 1.29 is 9.78 Å². The average Bonchev–Trinajstić information content (AvgIpc) is 2.47. The summed E-state index contributed by atoms with van der Waals surface area (Å²) in [5.74, 6) is -0.233. The molecule has 0 saturated carbocycles. The van der Waals surface area contributed by atoms with Crippen LogP contribution in [0, 0.1) is 6.92 Å². The second-order valence-electron chi connectivity index (χ2n) is 4.67. The van der Waals surface area contributed by atoms with Gasteiger partial charge < -0.3 is 5.11 Å². The van der Waals surface area contributed by atoms with Crippen LogP contribution in [-0.2, 0) is 0 Å². The van der Waals surface area contributed by atoms with Crippen LogP contribution in [0.15, 0.2) is 72.1 Å². The van der Waals surface area contributed by atoms with Gasteiger partial charge in [0.2, 0.25) is 12.4 Å². The summed E-state index contributed by atoms with van der Waals surface area (Å²) in [6.45, 7) is 1.91. The lowest BCUT2D eigenvalue weighted by Gasteiger charge is -2.09. The summed E-state index contributed by atoms with van der Waals surface area (Å²) in [5.41, 5.74) is 1.57. The monoisotopic (exact) mass is 262 g/mol. The summed E-state index contributed by atoms with van der Waals surface area (Å²) in [6, 6.07) is 17.4. The molecule has 3 rings (SSSR count). The van der Waals surface area contributed by atoms with E-state index in [-0.39, 0.29) is 5.90 Å². The zero-order chi connectivity index (χ0) is 13.9. The molecule has 3 aromatic rings. The van der Waals surface area contributed by atoms with Crippen LogP contribution in [0.5, 0.6) is 0 Å². The lowest BCUT2D eigenvalue weighted by molar-refractivity contribution is -0.680. The highest BCUT2D eigenvalue weighted by Gasteiger charge is 2.03. The van der Waals surface area contributed by atoms with Crippen LogP contribution in [0.1, 0.15) is 11.1 Å². The van der Waals surface area contributed by atoms with Gasteiger partial charge >= 0.3 is 0 Å². The molecule has 20 heavy (non-hydrogen) atoms. The van der Waals surface area contributed by atoms with Crippen molar-refractivity contribution in [1.82, 2.24) is 0 Å². The molecule has 3 heteroatoms. The number of rotatable bonds is 2. The number of aromatic nitrogens is 1. The van der Waals surface area contributed by atoms with Crippen molar-refractivity contribution in [2.75, 3.05) is 0 Å². The highest BCUT2D eigenvalue weighted by atomic mass is 16.3. The van der Waals surface area contributed by atoms with Crippen molar-refractivity contribution in [3.05, 3.63) is 78.1 Å². The lowest BCUT2D eigenvalue weighted by Crippen LogP contribution is -2.33. The van der Waals surface area contributed by atoms with E-state index in [1.807, 2.05) is 61.7 Å². The maximum absolute atomic E-state index is 12.2. The normalized spacial score (nSPS) is 11.8. The Morgan fingerprint density at radius 1 is 0.950 bits per heavy atom. The quantitative estimate of drug-likeness (QED) is 0.395. The van der Waals surface area contributed by atoms with E-state index in [0.717, 1.165) is 16.3 Å². The minimum Gasteiger partial charge on any atom is -0.854 e. The molecular weight excluding hydrogens is 248 g/mol. The zero-order valence-corrected chi connectivity index (χ0v) is 11.2. The molecule has 0 aliphatic heterocycles. The SMILES string of the molecule is Cc1ccccc1/C([O-])=N/[n+]1ccc2ccccc2c1. The third-order valence-electron chi connectivity index (χ3n) is 3.26. The number of aryl methyl sites for hydroxylation is 1. The van der Waals surface area contributed by atoms with Crippen LogP contribution < -0.4 is 9.78 Å². The Labute approximate surface area is 117 Å². The van der Waals surface area contributed by atoms with Gasteiger partial charge in [-0.1, -0.05) is 47.1 Å². The first-order valence-corrected chi connectivity index (χ1v) is 6.46. The molecule has 1 aromatic heterocycles. The first kappa shape index (κ1) is 12.4. The number of nitrogens with zero attached hydrogens (tertiary/aromatic N) is 2. The van der Waals surface area contributed by atoms with Gasteiger partial charge in [0, 0.05) is 11.5 Å². The molecule has 0 fully saturated rings. The number of hydrogen-bond donors (Lipinski definition) is 0. The van der Waals surface area contributed by atoms with Gasteiger partial charge in [-0.25, -0.2) is 0 Å². The predicted octanol–water partition coefficient (Wildman–Crippen LogP) is 2.01. The number of benzene rings is 2. The highest BCUT2D eigenvalue weighted by molar-refractivity contribution is 5.91. The molecule has 0 aliphatic carbocycles. The minimum absolute atomic E-state index is 0.233. The average molecular weight is 262 g/mol. The van der Waals surface area contributed by atoms with Gasteiger partial charge in [0.15, 0.2) is 0 Å². The maximum Gasteiger partial charge on any atom is 0.210 e. The van der Waals surface area contributed by atoms with Gasteiger partial charge in [-0.15, -0.1) is 0 Å². The standard InChI is InChI=1S/C17H14N2O/c1-13-6-2-5-9-16(13)17(20)18-19-11-10-14-7-3-4-8-15(14)12-19/h2-12H,1H3. The molecule has 0 atom stereocenters. The lowest BCUT2D eigenvalue weighted by atomic mass is 10.1. The van der Waals surface area contributed by atoms with Gasteiger partial charge in [-0.3, -0.25) is 0 Å². The third-order valence-corrected chi connectivity index (χ3v) is 3.26. The fourth-order valence-corrected chi connectivity index (χ4v) is 2.16. The smallest absolute Gasteiger partial charge is 0.210 e. The topological polar surface area (TPSA) is 39.3 Å².